The van der Waals surface area contributed by atoms with Gasteiger partial charge in [-0.05, 0) is 31.0 Å². The number of morpholine rings is 1. The molecule has 1 amide bonds. The van der Waals surface area contributed by atoms with Crippen molar-refractivity contribution >= 4 is 29.4 Å². The van der Waals surface area contributed by atoms with Gasteiger partial charge in [0.1, 0.15) is 5.82 Å². The van der Waals surface area contributed by atoms with Gasteiger partial charge in [0.2, 0.25) is 11.9 Å². The zero-order valence-electron chi connectivity index (χ0n) is 15.9. The van der Waals surface area contributed by atoms with Gasteiger partial charge in [0.05, 0.1) is 30.3 Å². The van der Waals surface area contributed by atoms with Gasteiger partial charge in [-0.25, -0.2) is 4.39 Å². The quantitative estimate of drug-likeness (QED) is 0.792. The van der Waals surface area contributed by atoms with E-state index in [1.807, 2.05) is 0 Å². The Kier molecular flexibility index (Phi) is 6.05. The third-order valence-corrected chi connectivity index (χ3v) is 5.24. The molecular formula is C19H22ClFN6O2. The number of ether oxygens (including phenoxy) is 1. The zero-order chi connectivity index (χ0) is 20.2. The topological polar surface area (TPSA) is 83.5 Å². The van der Waals surface area contributed by atoms with Gasteiger partial charge in [0.15, 0.2) is 5.82 Å². The highest BCUT2D eigenvalue weighted by Gasteiger charge is 2.21. The van der Waals surface area contributed by atoms with E-state index in [9.17, 15) is 9.18 Å². The van der Waals surface area contributed by atoms with Crippen LogP contribution in [0.2, 0.25) is 5.02 Å². The Morgan fingerprint density at radius 2 is 1.72 bits per heavy atom. The fraction of sp³-hybridized carbons (Fsp3) is 0.474. The van der Waals surface area contributed by atoms with Gasteiger partial charge >= 0.3 is 0 Å². The van der Waals surface area contributed by atoms with Crippen LogP contribution in [-0.2, 0) is 11.3 Å². The van der Waals surface area contributed by atoms with E-state index < -0.39 is 11.7 Å². The number of benzene rings is 1. The minimum Gasteiger partial charge on any atom is -0.378 e. The van der Waals surface area contributed by atoms with Crippen molar-refractivity contribution in [1.82, 2.24) is 20.3 Å². The summed E-state index contributed by atoms with van der Waals surface area (Å²) < 4.78 is 18.6. The van der Waals surface area contributed by atoms with Gasteiger partial charge in [0, 0.05) is 26.2 Å². The summed E-state index contributed by atoms with van der Waals surface area (Å²) in [6.45, 7) is 4.60. The minimum absolute atomic E-state index is 0.0601. The van der Waals surface area contributed by atoms with E-state index in [0.717, 1.165) is 32.0 Å². The molecule has 0 radical (unpaired) electrons. The molecule has 4 rings (SSSR count). The third kappa shape index (κ3) is 4.73. The Morgan fingerprint density at radius 3 is 2.38 bits per heavy atom. The molecule has 1 aromatic heterocycles. The summed E-state index contributed by atoms with van der Waals surface area (Å²) in [5, 5.41) is 2.82. The van der Waals surface area contributed by atoms with Crippen LogP contribution >= 0.6 is 11.6 Å². The first kappa shape index (κ1) is 19.8. The van der Waals surface area contributed by atoms with Gasteiger partial charge in [-0.1, -0.05) is 11.6 Å². The molecule has 0 atom stereocenters. The first-order valence-corrected chi connectivity index (χ1v) is 10.0. The Morgan fingerprint density at radius 1 is 1.07 bits per heavy atom. The van der Waals surface area contributed by atoms with E-state index in [4.69, 9.17) is 16.3 Å². The van der Waals surface area contributed by atoms with Crippen LogP contribution in [0.1, 0.15) is 29.0 Å². The molecule has 2 saturated heterocycles. The van der Waals surface area contributed by atoms with Gasteiger partial charge in [-0.3, -0.25) is 4.79 Å². The largest absolute Gasteiger partial charge is 0.378 e. The first-order valence-electron chi connectivity index (χ1n) is 9.66. The molecule has 0 spiro atoms. The van der Waals surface area contributed by atoms with E-state index in [0.29, 0.717) is 44.0 Å². The van der Waals surface area contributed by atoms with Crippen molar-refractivity contribution in [1.29, 1.82) is 0 Å². The molecule has 1 aromatic carbocycles. The Bertz CT molecular complexity index is 887. The molecule has 2 fully saturated rings. The second kappa shape index (κ2) is 8.87. The van der Waals surface area contributed by atoms with Crippen molar-refractivity contribution in [2.24, 2.45) is 0 Å². The maximum atomic E-state index is 13.2. The molecule has 2 aliphatic heterocycles. The van der Waals surface area contributed by atoms with Crippen LogP contribution in [0.3, 0.4) is 0 Å². The molecule has 8 nitrogen and oxygen atoms in total. The molecule has 3 heterocycles. The summed E-state index contributed by atoms with van der Waals surface area (Å²) in [5.74, 6) is 0.785. The molecule has 0 saturated carbocycles. The van der Waals surface area contributed by atoms with E-state index in [2.05, 4.69) is 30.1 Å². The van der Waals surface area contributed by atoms with E-state index in [-0.39, 0.29) is 17.1 Å². The second-order valence-corrected chi connectivity index (χ2v) is 7.36. The Balaban J connectivity index is 1.53. The van der Waals surface area contributed by atoms with E-state index >= 15 is 0 Å². The van der Waals surface area contributed by atoms with Crippen molar-refractivity contribution in [2.75, 3.05) is 49.2 Å². The van der Waals surface area contributed by atoms with Crippen LogP contribution < -0.4 is 15.1 Å². The minimum atomic E-state index is -0.491. The average molecular weight is 421 g/mol. The summed E-state index contributed by atoms with van der Waals surface area (Å²) >= 11 is 5.98. The fourth-order valence-electron chi connectivity index (χ4n) is 3.37. The highest BCUT2D eigenvalue weighted by atomic mass is 35.5. The predicted molar refractivity (Wildman–Crippen MR) is 107 cm³/mol. The van der Waals surface area contributed by atoms with E-state index in [1.165, 1.54) is 12.1 Å². The van der Waals surface area contributed by atoms with Gasteiger partial charge < -0.3 is 19.9 Å². The summed E-state index contributed by atoms with van der Waals surface area (Å²) in [7, 11) is 0. The van der Waals surface area contributed by atoms with Crippen molar-refractivity contribution < 1.29 is 13.9 Å². The molecule has 2 aliphatic rings. The third-order valence-electron chi connectivity index (χ3n) is 4.92. The lowest BCUT2D eigenvalue weighted by Gasteiger charge is -2.28. The highest BCUT2D eigenvalue weighted by Crippen LogP contribution is 2.20. The number of nitrogens with zero attached hydrogens (tertiary/aromatic N) is 5. The number of rotatable bonds is 5. The molecule has 1 N–H and O–H groups in total. The molecular weight excluding hydrogens is 399 g/mol. The second-order valence-electron chi connectivity index (χ2n) is 6.95. The number of nitrogens with one attached hydrogen (secondary N) is 1. The Labute approximate surface area is 173 Å². The number of anilines is 2. The summed E-state index contributed by atoms with van der Waals surface area (Å²) in [6, 6.07) is 3.67. The molecule has 10 heteroatoms. The predicted octanol–water partition coefficient (Wildman–Crippen LogP) is 2.03. The van der Waals surface area contributed by atoms with Crippen LogP contribution in [-0.4, -0.2) is 60.3 Å². The van der Waals surface area contributed by atoms with Crippen LogP contribution in [0.25, 0.3) is 0 Å². The standard InChI is InChI=1S/C19H22ClFN6O2/c20-15-11-13(21)3-4-14(15)17(28)22-12-16-23-18(26-5-1-2-6-26)25-19(24-16)27-7-9-29-10-8-27/h3-4,11H,1-2,5-10,12H2,(H,22,28). The highest BCUT2D eigenvalue weighted by molar-refractivity contribution is 6.33. The fourth-order valence-corrected chi connectivity index (χ4v) is 3.62. The monoisotopic (exact) mass is 420 g/mol. The maximum absolute atomic E-state index is 13.2. The van der Waals surface area contributed by atoms with Gasteiger partial charge in [0.25, 0.3) is 5.91 Å². The number of carbonyl (C=O) groups excluding carboxylic acids is 1. The molecule has 2 aromatic rings. The number of amides is 1. The van der Waals surface area contributed by atoms with Gasteiger partial charge in [-0.2, -0.15) is 15.0 Å². The van der Waals surface area contributed by atoms with Crippen molar-refractivity contribution in [2.45, 2.75) is 19.4 Å². The van der Waals surface area contributed by atoms with Crippen LogP contribution in [0.4, 0.5) is 16.3 Å². The Hall–Kier alpha value is -2.52. The van der Waals surface area contributed by atoms with Crippen LogP contribution in [0.15, 0.2) is 18.2 Å². The normalized spacial score (nSPS) is 16.9. The molecule has 154 valence electrons. The molecule has 0 aliphatic carbocycles. The van der Waals surface area contributed by atoms with Crippen molar-refractivity contribution in [3.05, 3.63) is 40.4 Å². The molecule has 29 heavy (non-hydrogen) atoms. The SMILES string of the molecule is O=C(NCc1nc(N2CCCC2)nc(N2CCOCC2)n1)c1ccc(F)cc1Cl. The van der Waals surface area contributed by atoms with Crippen molar-refractivity contribution in [3.8, 4) is 0 Å². The number of aromatic nitrogens is 3. The smallest absolute Gasteiger partial charge is 0.253 e. The number of hydrogen-bond donors (Lipinski definition) is 1. The van der Waals surface area contributed by atoms with Crippen LogP contribution in [0.5, 0.6) is 0 Å². The lowest BCUT2D eigenvalue weighted by Crippen LogP contribution is -2.38. The first-order chi connectivity index (χ1) is 14.1. The zero-order valence-corrected chi connectivity index (χ0v) is 16.7. The lowest BCUT2D eigenvalue weighted by atomic mass is 10.2. The van der Waals surface area contributed by atoms with Gasteiger partial charge in [-0.15, -0.1) is 0 Å². The summed E-state index contributed by atoms with van der Waals surface area (Å²) in [4.78, 5) is 30.4. The van der Waals surface area contributed by atoms with E-state index in [1.54, 1.807) is 0 Å². The average Bonchev–Trinajstić information content (AvgIpc) is 3.27. The summed E-state index contributed by atoms with van der Waals surface area (Å²) in [5.41, 5.74) is 0.204. The van der Waals surface area contributed by atoms with Crippen LogP contribution in [0, 0.1) is 5.82 Å². The molecule has 0 bridgehead atoms. The lowest BCUT2D eigenvalue weighted by molar-refractivity contribution is 0.0950. The number of halogens is 2. The number of carbonyl (C=O) groups is 1. The number of hydrogen-bond acceptors (Lipinski definition) is 7. The maximum Gasteiger partial charge on any atom is 0.253 e. The molecule has 0 unspecified atom stereocenters. The van der Waals surface area contributed by atoms with Crippen molar-refractivity contribution in [3.63, 3.8) is 0 Å². The summed E-state index contributed by atoms with van der Waals surface area (Å²) in [6.07, 6.45) is 2.21.